The molecule has 1 aliphatic rings. The minimum Gasteiger partial charge on any atom is -0.492 e. The fourth-order valence-electron chi connectivity index (χ4n) is 3.06. The lowest BCUT2D eigenvalue weighted by Gasteiger charge is -2.21. The van der Waals surface area contributed by atoms with Gasteiger partial charge in [-0.1, -0.05) is 11.6 Å². The second kappa shape index (κ2) is 9.09. The van der Waals surface area contributed by atoms with Crippen molar-refractivity contribution < 1.29 is 23.7 Å². The number of rotatable bonds is 7. The number of Topliss-reactive ketones (excluding diaryl/α,β-unsaturated/α-hetero) is 1. The van der Waals surface area contributed by atoms with E-state index in [1.807, 2.05) is 25.9 Å². The van der Waals surface area contributed by atoms with Crippen LogP contribution in [0, 0.1) is 0 Å². The van der Waals surface area contributed by atoms with Crippen LogP contribution in [0.1, 0.15) is 22.8 Å². The van der Waals surface area contributed by atoms with Gasteiger partial charge in [0.2, 0.25) is 11.5 Å². The van der Waals surface area contributed by atoms with Crippen molar-refractivity contribution >= 4 is 29.1 Å². The minimum atomic E-state index is -0.297. The van der Waals surface area contributed by atoms with Gasteiger partial charge in [-0.2, -0.15) is 0 Å². The summed E-state index contributed by atoms with van der Waals surface area (Å²) in [6, 6.07) is 8.81. The minimum absolute atomic E-state index is 0.0637. The molecule has 29 heavy (non-hydrogen) atoms. The summed E-state index contributed by atoms with van der Waals surface area (Å²) < 4.78 is 22.3. The lowest BCUT2D eigenvalue weighted by Crippen LogP contribution is -2.16. The molecule has 1 heterocycles. The fourth-order valence-corrected chi connectivity index (χ4v) is 3.28. The third-order valence-electron chi connectivity index (χ3n) is 4.40. The molecule has 2 aromatic rings. The highest BCUT2D eigenvalue weighted by molar-refractivity contribution is 6.47. The Morgan fingerprint density at radius 2 is 1.97 bits per heavy atom. The predicted molar refractivity (Wildman–Crippen MR) is 114 cm³/mol. The Balaban J connectivity index is 1.94. The number of carbonyl (C=O) groups excluding carboxylic acids is 1. The number of anilines is 1. The SMILES string of the molecule is CCOc1ccc(C(=O)C(Cl)=Cc2ccc3c(c2OC)OCCO3)cc1N(C)C. The van der Waals surface area contributed by atoms with E-state index in [2.05, 4.69) is 0 Å². The molecule has 2 aromatic carbocycles. The average molecular weight is 418 g/mol. The van der Waals surface area contributed by atoms with Crippen molar-refractivity contribution in [2.24, 2.45) is 0 Å². The number of fused-ring (bicyclic) bond motifs is 1. The Hall–Kier alpha value is -2.86. The fraction of sp³-hybridized carbons (Fsp3) is 0.318. The lowest BCUT2D eigenvalue weighted by atomic mass is 10.1. The van der Waals surface area contributed by atoms with Gasteiger partial charge >= 0.3 is 0 Å². The molecule has 7 heteroatoms. The summed E-state index contributed by atoms with van der Waals surface area (Å²) in [4.78, 5) is 14.8. The lowest BCUT2D eigenvalue weighted by molar-refractivity contribution is 0.104. The van der Waals surface area contributed by atoms with E-state index in [-0.39, 0.29) is 10.8 Å². The molecule has 1 aliphatic heterocycles. The van der Waals surface area contributed by atoms with Gasteiger partial charge in [-0.25, -0.2) is 0 Å². The van der Waals surface area contributed by atoms with Crippen LogP contribution in [0.2, 0.25) is 0 Å². The average Bonchev–Trinajstić information content (AvgIpc) is 2.73. The van der Waals surface area contributed by atoms with Crippen LogP contribution in [-0.4, -0.2) is 46.8 Å². The van der Waals surface area contributed by atoms with E-state index in [9.17, 15) is 4.79 Å². The van der Waals surface area contributed by atoms with Crippen molar-refractivity contribution in [2.75, 3.05) is 45.9 Å². The first kappa shape index (κ1) is 20.9. The van der Waals surface area contributed by atoms with Crippen molar-refractivity contribution in [1.29, 1.82) is 0 Å². The number of hydrogen-bond acceptors (Lipinski definition) is 6. The van der Waals surface area contributed by atoms with Crippen LogP contribution in [0.3, 0.4) is 0 Å². The van der Waals surface area contributed by atoms with E-state index in [0.29, 0.717) is 53.9 Å². The van der Waals surface area contributed by atoms with Gasteiger partial charge in [0.15, 0.2) is 11.5 Å². The standard InChI is InChI=1S/C22H24ClNO5/c1-5-27-18-8-6-14(13-17(18)24(2)3)20(25)16(23)12-15-7-9-19-22(21(15)26-4)29-11-10-28-19/h6-9,12-13H,5,10-11H2,1-4H3. The third kappa shape index (κ3) is 4.43. The van der Waals surface area contributed by atoms with Crippen LogP contribution in [0.5, 0.6) is 23.0 Å². The molecule has 0 atom stereocenters. The van der Waals surface area contributed by atoms with Crippen molar-refractivity contribution in [2.45, 2.75) is 6.92 Å². The summed E-state index contributed by atoms with van der Waals surface area (Å²) in [5, 5.41) is 0.0637. The number of halogens is 1. The summed E-state index contributed by atoms with van der Waals surface area (Å²) in [6.07, 6.45) is 1.58. The topological polar surface area (TPSA) is 57.2 Å². The van der Waals surface area contributed by atoms with Crippen LogP contribution >= 0.6 is 11.6 Å². The number of benzene rings is 2. The maximum Gasteiger partial charge on any atom is 0.204 e. The van der Waals surface area contributed by atoms with Crippen molar-refractivity contribution in [3.8, 4) is 23.0 Å². The van der Waals surface area contributed by atoms with Gasteiger partial charge < -0.3 is 23.8 Å². The van der Waals surface area contributed by atoms with Gasteiger partial charge in [0.1, 0.15) is 19.0 Å². The Labute approximate surface area is 175 Å². The van der Waals surface area contributed by atoms with Crippen LogP contribution in [0.25, 0.3) is 6.08 Å². The van der Waals surface area contributed by atoms with E-state index in [1.165, 1.54) is 7.11 Å². The summed E-state index contributed by atoms with van der Waals surface area (Å²) in [5.41, 5.74) is 1.91. The quantitative estimate of drug-likeness (QED) is 0.491. The zero-order valence-corrected chi connectivity index (χ0v) is 17.7. The van der Waals surface area contributed by atoms with E-state index in [0.717, 1.165) is 5.69 Å². The number of carbonyl (C=O) groups is 1. The molecule has 0 aliphatic carbocycles. The van der Waals surface area contributed by atoms with Crippen LogP contribution in [0.4, 0.5) is 5.69 Å². The smallest absolute Gasteiger partial charge is 0.204 e. The highest BCUT2D eigenvalue weighted by atomic mass is 35.5. The number of allylic oxidation sites excluding steroid dienone is 1. The normalized spacial score (nSPS) is 13.1. The molecule has 0 radical (unpaired) electrons. The summed E-state index contributed by atoms with van der Waals surface area (Å²) in [5.74, 6) is 2.02. The van der Waals surface area contributed by atoms with Gasteiger partial charge in [-0.15, -0.1) is 0 Å². The first-order chi connectivity index (χ1) is 14.0. The van der Waals surface area contributed by atoms with Crippen LogP contribution in [-0.2, 0) is 0 Å². The second-order valence-corrected chi connectivity index (χ2v) is 6.95. The van der Waals surface area contributed by atoms with E-state index in [4.69, 9.17) is 30.5 Å². The summed E-state index contributed by atoms with van der Waals surface area (Å²) in [7, 11) is 5.32. The number of methoxy groups -OCH3 is 1. The molecular weight excluding hydrogens is 394 g/mol. The molecule has 0 fully saturated rings. The number of nitrogens with zero attached hydrogens (tertiary/aromatic N) is 1. The molecule has 0 saturated carbocycles. The van der Waals surface area contributed by atoms with Gasteiger partial charge in [-0.3, -0.25) is 4.79 Å². The number of ether oxygens (including phenoxy) is 4. The number of ketones is 1. The van der Waals surface area contributed by atoms with Gasteiger partial charge in [0.05, 0.1) is 24.4 Å². The molecule has 0 spiro atoms. The van der Waals surface area contributed by atoms with Gasteiger partial charge in [0.25, 0.3) is 0 Å². The van der Waals surface area contributed by atoms with E-state index < -0.39 is 0 Å². The zero-order valence-electron chi connectivity index (χ0n) is 17.0. The maximum absolute atomic E-state index is 12.9. The summed E-state index contributed by atoms with van der Waals surface area (Å²) >= 11 is 6.38. The van der Waals surface area contributed by atoms with E-state index >= 15 is 0 Å². The third-order valence-corrected chi connectivity index (χ3v) is 4.68. The number of hydrogen-bond donors (Lipinski definition) is 0. The Morgan fingerprint density at radius 3 is 2.66 bits per heavy atom. The maximum atomic E-state index is 12.9. The molecule has 0 amide bonds. The highest BCUT2D eigenvalue weighted by Crippen LogP contribution is 2.42. The van der Waals surface area contributed by atoms with Crippen molar-refractivity contribution in [3.05, 3.63) is 46.5 Å². The molecular formula is C22H24ClNO5. The predicted octanol–water partition coefficient (Wildman–Crippen LogP) is 4.39. The van der Waals surface area contributed by atoms with Crippen molar-refractivity contribution in [3.63, 3.8) is 0 Å². The second-order valence-electron chi connectivity index (χ2n) is 6.54. The molecule has 154 valence electrons. The van der Waals surface area contributed by atoms with Crippen LogP contribution in [0.15, 0.2) is 35.4 Å². The molecule has 0 unspecified atom stereocenters. The Morgan fingerprint density at radius 1 is 1.21 bits per heavy atom. The van der Waals surface area contributed by atoms with E-state index in [1.54, 1.807) is 36.4 Å². The van der Waals surface area contributed by atoms with Gasteiger partial charge in [0, 0.05) is 25.2 Å². The van der Waals surface area contributed by atoms with Gasteiger partial charge in [-0.05, 0) is 43.3 Å². The first-order valence-electron chi connectivity index (χ1n) is 9.29. The highest BCUT2D eigenvalue weighted by Gasteiger charge is 2.21. The molecule has 0 saturated heterocycles. The molecule has 0 bridgehead atoms. The largest absolute Gasteiger partial charge is 0.492 e. The molecule has 0 N–H and O–H groups in total. The van der Waals surface area contributed by atoms with Crippen LogP contribution < -0.4 is 23.8 Å². The monoisotopic (exact) mass is 417 g/mol. The zero-order chi connectivity index (χ0) is 21.0. The Bertz CT molecular complexity index is 939. The molecule has 6 nitrogen and oxygen atoms in total. The van der Waals surface area contributed by atoms with Crippen molar-refractivity contribution in [1.82, 2.24) is 0 Å². The molecule has 3 rings (SSSR count). The molecule has 0 aromatic heterocycles. The Kier molecular flexibility index (Phi) is 6.54. The summed E-state index contributed by atoms with van der Waals surface area (Å²) in [6.45, 7) is 3.37. The first-order valence-corrected chi connectivity index (χ1v) is 9.66.